The quantitative estimate of drug-likeness (QED) is 0.618. The van der Waals surface area contributed by atoms with Gasteiger partial charge in [-0.25, -0.2) is 4.79 Å². The molecule has 1 amide bonds. The first kappa shape index (κ1) is 23.6. The Morgan fingerprint density at radius 3 is 1.97 bits per heavy atom. The summed E-state index contributed by atoms with van der Waals surface area (Å²) in [6.07, 6.45) is -0.247. The zero-order chi connectivity index (χ0) is 22.0. The first-order chi connectivity index (χ1) is 13.2. The Morgan fingerprint density at radius 1 is 0.897 bits per heavy atom. The van der Waals surface area contributed by atoms with Crippen LogP contribution in [0.5, 0.6) is 0 Å². The van der Waals surface area contributed by atoms with Crippen LogP contribution in [-0.4, -0.2) is 54.3 Å². The van der Waals surface area contributed by atoms with E-state index in [1.165, 1.54) is 0 Å². The minimum atomic E-state index is -0.559. The predicted octanol–water partition coefficient (Wildman–Crippen LogP) is 4.93. The number of hydrogen-bond donors (Lipinski definition) is 0. The first-order valence-electron chi connectivity index (χ1n) is 9.68. The molecule has 0 atom stereocenters. The van der Waals surface area contributed by atoms with Crippen LogP contribution >= 0.6 is 23.2 Å². The van der Waals surface area contributed by atoms with Crippen LogP contribution in [0.3, 0.4) is 0 Å². The molecule has 2 rings (SSSR count). The highest BCUT2D eigenvalue weighted by Gasteiger charge is 2.27. The number of anilines is 1. The number of hydrogen-bond acceptors (Lipinski definition) is 5. The fourth-order valence-electron chi connectivity index (χ4n) is 2.95. The summed E-state index contributed by atoms with van der Waals surface area (Å²) in [7, 11) is 0. The van der Waals surface area contributed by atoms with Crippen molar-refractivity contribution in [2.45, 2.75) is 59.2 Å². The van der Waals surface area contributed by atoms with Crippen LogP contribution in [0.1, 0.15) is 47.1 Å². The van der Waals surface area contributed by atoms with Gasteiger partial charge >= 0.3 is 12.1 Å². The normalized spacial score (nSPS) is 15.3. The predicted molar refractivity (Wildman–Crippen MR) is 116 cm³/mol. The number of amides is 1. The monoisotopic (exact) mass is 444 g/mol. The number of nitrogens with zero attached hydrogens (tertiary/aromatic N) is 2. The van der Waals surface area contributed by atoms with E-state index in [4.69, 9.17) is 32.7 Å². The summed E-state index contributed by atoms with van der Waals surface area (Å²) in [5.74, 6) is -0.345. The van der Waals surface area contributed by atoms with Crippen molar-refractivity contribution < 1.29 is 19.1 Å². The van der Waals surface area contributed by atoms with E-state index in [2.05, 4.69) is 4.90 Å². The number of piperazine rings is 1. The fraction of sp³-hybridized carbons (Fsp3) is 0.619. The SMILES string of the molecule is CC(C)(C)OC(=O)Cc1cc(N2CCN(C(=O)OC(C)(C)C)CC2)c(Cl)cc1Cl. The van der Waals surface area contributed by atoms with Gasteiger partial charge in [0.15, 0.2) is 0 Å². The molecule has 1 aliphatic heterocycles. The molecule has 1 aromatic rings. The highest BCUT2D eigenvalue weighted by molar-refractivity contribution is 6.37. The molecule has 0 aliphatic carbocycles. The van der Waals surface area contributed by atoms with Crippen molar-refractivity contribution in [3.63, 3.8) is 0 Å². The standard InChI is InChI=1S/C21H30Cl2N2O4/c1-20(2,3)28-18(26)12-14-11-17(16(23)13-15(14)22)24-7-9-25(10-8-24)19(27)29-21(4,5)6/h11,13H,7-10,12H2,1-6H3. The topological polar surface area (TPSA) is 59.1 Å². The van der Waals surface area contributed by atoms with E-state index in [0.717, 1.165) is 5.69 Å². The second-order valence-corrected chi connectivity index (χ2v) is 9.93. The molecular weight excluding hydrogens is 415 g/mol. The summed E-state index contributed by atoms with van der Waals surface area (Å²) in [5.41, 5.74) is 0.370. The average molecular weight is 445 g/mol. The lowest BCUT2D eigenvalue weighted by atomic mass is 10.1. The minimum absolute atomic E-state index is 0.0676. The van der Waals surface area contributed by atoms with Crippen molar-refractivity contribution in [1.29, 1.82) is 0 Å². The Morgan fingerprint density at radius 2 is 1.45 bits per heavy atom. The van der Waals surface area contributed by atoms with Gasteiger partial charge in [-0.05, 0) is 59.2 Å². The molecule has 0 spiro atoms. The molecule has 0 saturated carbocycles. The van der Waals surface area contributed by atoms with E-state index in [0.29, 0.717) is 41.8 Å². The lowest BCUT2D eigenvalue weighted by Gasteiger charge is -2.37. The van der Waals surface area contributed by atoms with Crippen LogP contribution < -0.4 is 4.90 Å². The van der Waals surface area contributed by atoms with Gasteiger partial charge in [-0.3, -0.25) is 4.79 Å². The highest BCUT2D eigenvalue weighted by Crippen LogP contribution is 2.33. The summed E-state index contributed by atoms with van der Waals surface area (Å²) in [6.45, 7) is 13.3. The number of carbonyl (C=O) groups excluding carboxylic acids is 2. The summed E-state index contributed by atoms with van der Waals surface area (Å²) < 4.78 is 10.8. The number of carbonyl (C=O) groups is 2. The molecule has 0 bridgehead atoms. The van der Waals surface area contributed by atoms with E-state index in [-0.39, 0.29) is 18.5 Å². The lowest BCUT2D eigenvalue weighted by Crippen LogP contribution is -2.50. The third kappa shape index (κ3) is 7.27. The third-order valence-corrected chi connectivity index (χ3v) is 4.80. The Bertz CT molecular complexity index is 761. The van der Waals surface area contributed by atoms with E-state index in [9.17, 15) is 9.59 Å². The Kier molecular flexibility index (Phi) is 7.33. The lowest BCUT2D eigenvalue weighted by molar-refractivity contribution is -0.153. The molecule has 1 aromatic carbocycles. The number of halogens is 2. The van der Waals surface area contributed by atoms with Gasteiger partial charge in [0.1, 0.15) is 11.2 Å². The largest absolute Gasteiger partial charge is 0.460 e. The molecule has 1 heterocycles. The van der Waals surface area contributed by atoms with Gasteiger partial charge < -0.3 is 19.3 Å². The van der Waals surface area contributed by atoms with Gasteiger partial charge in [0, 0.05) is 31.2 Å². The van der Waals surface area contributed by atoms with Crippen molar-refractivity contribution in [3.05, 3.63) is 27.7 Å². The van der Waals surface area contributed by atoms with E-state index < -0.39 is 11.2 Å². The second-order valence-electron chi connectivity index (χ2n) is 9.11. The molecule has 6 nitrogen and oxygen atoms in total. The molecule has 0 unspecified atom stereocenters. The summed E-state index contributed by atoms with van der Waals surface area (Å²) in [6, 6.07) is 3.48. The van der Waals surface area contributed by atoms with Gasteiger partial charge in [0.2, 0.25) is 0 Å². The number of esters is 1. The van der Waals surface area contributed by atoms with Gasteiger partial charge in [0.05, 0.1) is 17.1 Å². The molecule has 8 heteroatoms. The van der Waals surface area contributed by atoms with E-state index in [1.807, 2.05) is 47.6 Å². The van der Waals surface area contributed by atoms with Crippen molar-refractivity contribution in [3.8, 4) is 0 Å². The smallest absolute Gasteiger partial charge is 0.410 e. The van der Waals surface area contributed by atoms with Crippen LogP contribution in [0.2, 0.25) is 10.0 Å². The molecule has 29 heavy (non-hydrogen) atoms. The van der Waals surface area contributed by atoms with Crippen LogP contribution in [-0.2, 0) is 20.7 Å². The van der Waals surface area contributed by atoms with Crippen LogP contribution in [0.4, 0.5) is 10.5 Å². The number of benzene rings is 1. The maximum absolute atomic E-state index is 12.2. The van der Waals surface area contributed by atoms with Crippen LogP contribution in [0, 0.1) is 0 Å². The van der Waals surface area contributed by atoms with Crippen LogP contribution in [0.15, 0.2) is 12.1 Å². The molecule has 0 radical (unpaired) electrons. The van der Waals surface area contributed by atoms with Crippen molar-refractivity contribution in [2.24, 2.45) is 0 Å². The maximum Gasteiger partial charge on any atom is 0.410 e. The molecule has 1 fully saturated rings. The van der Waals surface area contributed by atoms with Crippen LogP contribution in [0.25, 0.3) is 0 Å². The summed E-state index contributed by atoms with van der Waals surface area (Å²) >= 11 is 12.7. The van der Waals surface area contributed by atoms with Crippen molar-refractivity contribution in [2.75, 3.05) is 31.1 Å². The second kappa shape index (κ2) is 9.00. The van der Waals surface area contributed by atoms with Crippen molar-refractivity contribution in [1.82, 2.24) is 4.90 Å². The van der Waals surface area contributed by atoms with E-state index >= 15 is 0 Å². The first-order valence-corrected chi connectivity index (χ1v) is 10.4. The Labute approximate surface area is 183 Å². The molecular formula is C21H30Cl2N2O4. The zero-order valence-electron chi connectivity index (χ0n) is 18.0. The van der Waals surface area contributed by atoms with Gasteiger partial charge in [-0.1, -0.05) is 23.2 Å². The molecule has 162 valence electrons. The molecule has 0 aromatic heterocycles. The molecule has 1 saturated heterocycles. The molecule has 1 aliphatic rings. The zero-order valence-corrected chi connectivity index (χ0v) is 19.5. The highest BCUT2D eigenvalue weighted by atomic mass is 35.5. The Hall–Kier alpha value is -1.66. The van der Waals surface area contributed by atoms with E-state index in [1.54, 1.807) is 11.0 Å². The average Bonchev–Trinajstić information content (AvgIpc) is 2.54. The van der Waals surface area contributed by atoms with Gasteiger partial charge in [-0.2, -0.15) is 0 Å². The van der Waals surface area contributed by atoms with Gasteiger partial charge in [-0.15, -0.1) is 0 Å². The third-order valence-electron chi connectivity index (χ3n) is 4.14. The Balaban J connectivity index is 2.08. The number of rotatable bonds is 3. The summed E-state index contributed by atoms with van der Waals surface area (Å²) in [5, 5.41) is 0.936. The van der Waals surface area contributed by atoms with Crippen molar-refractivity contribution >= 4 is 41.0 Å². The maximum atomic E-state index is 12.2. The fourth-order valence-corrected chi connectivity index (χ4v) is 3.52. The molecule has 0 N–H and O–H groups in total. The number of ether oxygens (including phenoxy) is 2. The van der Waals surface area contributed by atoms with Gasteiger partial charge in [0.25, 0.3) is 0 Å². The summed E-state index contributed by atoms with van der Waals surface area (Å²) in [4.78, 5) is 28.2. The minimum Gasteiger partial charge on any atom is -0.460 e.